The van der Waals surface area contributed by atoms with Crippen LogP contribution in [-0.4, -0.2) is 25.9 Å². The zero-order valence-electron chi connectivity index (χ0n) is 10.0. The van der Waals surface area contributed by atoms with Gasteiger partial charge in [-0.25, -0.2) is 0 Å². The molecule has 4 heteroatoms. The van der Waals surface area contributed by atoms with Crippen LogP contribution in [-0.2, 0) is 9.59 Å². The van der Waals surface area contributed by atoms with E-state index in [4.69, 9.17) is 0 Å². The van der Waals surface area contributed by atoms with Crippen molar-refractivity contribution in [2.75, 3.05) is 23.9 Å². The van der Waals surface area contributed by atoms with Gasteiger partial charge in [-0.3, -0.25) is 9.59 Å². The Labute approximate surface area is 95.5 Å². The van der Waals surface area contributed by atoms with Crippen molar-refractivity contribution in [3.8, 4) is 0 Å². The third-order valence-corrected chi connectivity index (χ3v) is 2.55. The number of hydrogen-bond donors (Lipinski definition) is 0. The molecule has 0 N–H and O–H groups in total. The lowest BCUT2D eigenvalue weighted by atomic mass is 10.2. The molecule has 0 unspecified atom stereocenters. The van der Waals surface area contributed by atoms with Crippen LogP contribution in [0, 0.1) is 0 Å². The molecule has 0 atom stereocenters. The molecule has 0 saturated heterocycles. The highest BCUT2D eigenvalue weighted by Gasteiger charge is 2.09. The Kier molecular flexibility index (Phi) is 3.66. The molecule has 0 heterocycles. The molecule has 4 nitrogen and oxygen atoms in total. The number of carbonyl (C=O) groups excluding carboxylic acids is 2. The number of anilines is 2. The highest BCUT2D eigenvalue weighted by atomic mass is 16.2. The summed E-state index contributed by atoms with van der Waals surface area (Å²) in [7, 11) is 3.41. The maximum absolute atomic E-state index is 11.2. The maximum atomic E-state index is 11.2. The van der Waals surface area contributed by atoms with Gasteiger partial charge in [0.15, 0.2) is 0 Å². The predicted molar refractivity (Wildman–Crippen MR) is 64.6 cm³/mol. The van der Waals surface area contributed by atoms with Crippen LogP contribution < -0.4 is 9.80 Å². The number of amides is 2. The van der Waals surface area contributed by atoms with Crippen LogP contribution in [0.1, 0.15) is 13.8 Å². The minimum absolute atomic E-state index is 0.0392. The summed E-state index contributed by atoms with van der Waals surface area (Å²) in [6.07, 6.45) is 0. The van der Waals surface area contributed by atoms with Crippen LogP contribution in [0.3, 0.4) is 0 Å². The molecule has 0 aromatic heterocycles. The van der Waals surface area contributed by atoms with E-state index < -0.39 is 0 Å². The van der Waals surface area contributed by atoms with Gasteiger partial charge in [0.1, 0.15) is 0 Å². The Morgan fingerprint density at radius 3 is 1.62 bits per heavy atom. The predicted octanol–water partition coefficient (Wildman–Crippen LogP) is 1.65. The van der Waals surface area contributed by atoms with Crippen molar-refractivity contribution in [3.05, 3.63) is 24.3 Å². The number of carbonyl (C=O) groups is 2. The third kappa shape index (κ3) is 2.59. The van der Waals surface area contributed by atoms with Gasteiger partial charge in [-0.05, 0) is 18.2 Å². The second-order valence-electron chi connectivity index (χ2n) is 3.68. The minimum atomic E-state index is -0.0392. The molecule has 0 spiro atoms. The molecule has 0 bridgehead atoms. The summed E-state index contributed by atoms with van der Waals surface area (Å²) in [5.41, 5.74) is 1.55. The van der Waals surface area contributed by atoms with Crippen LogP contribution in [0.15, 0.2) is 24.3 Å². The fraction of sp³-hybridized carbons (Fsp3) is 0.333. The summed E-state index contributed by atoms with van der Waals surface area (Å²) >= 11 is 0. The lowest BCUT2D eigenvalue weighted by Crippen LogP contribution is -2.25. The number of rotatable bonds is 2. The van der Waals surface area contributed by atoms with E-state index in [0.29, 0.717) is 0 Å². The van der Waals surface area contributed by atoms with Crippen molar-refractivity contribution in [1.29, 1.82) is 0 Å². The normalized spacial score (nSPS) is 9.75. The van der Waals surface area contributed by atoms with E-state index in [1.807, 2.05) is 24.3 Å². The van der Waals surface area contributed by atoms with Gasteiger partial charge in [0.05, 0.1) is 0 Å². The lowest BCUT2D eigenvalue weighted by molar-refractivity contribution is -0.117. The quantitative estimate of drug-likeness (QED) is 0.760. The van der Waals surface area contributed by atoms with Gasteiger partial charge in [0.2, 0.25) is 11.8 Å². The molecule has 1 aromatic rings. The first-order valence-corrected chi connectivity index (χ1v) is 5.02. The summed E-state index contributed by atoms with van der Waals surface area (Å²) in [6.45, 7) is 3.00. The van der Waals surface area contributed by atoms with Crippen LogP contribution in [0.4, 0.5) is 11.4 Å². The van der Waals surface area contributed by atoms with Crippen molar-refractivity contribution in [1.82, 2.24) is 0 Å². The van der Waals surface area contributed by atoms with Crippen molar-refractivity contribution >= 4 is 23.2 Å². The molecular formula is C12H16N2O2. The van der Waals surface area contributed by atoms with Crippen molar-refractivity contribution in [2.45, 2.75) is 13.8 Å². The largest absolute Gasteiger partial charge is 0.316 e. The van der Waals surface area contributed by atoms with Crippen LogP contribution in [0.2, 0.25) is 0 Å². The van der Waals surface area contributed by atoms with Gasteiger partial charge >= 0.3 is 0 Å². The molecule has 1 rings (SSSR count). The summed E-state index contributed by atoms with van der Waals surface area (Å²) in [6, 6.07) is 7.30. The molecule has 0 aliphatic heterocycles. The summed E-state index contributed by atoms with van der Waals surface area (Å²) in [4.78, 5) is 25.5. The molecule has 1 aromatic carbocycles. The minimum Gasteiger partial charge on any atom is -0.316 e. The van der Waals surface area contributed by atoms with Gasteiger partial charge in [-0.1, -0.05) is 6.07 Å². The first-order chi connectivity index (χ1) is 7.43. The molecule has 16 heavy (non-hydrogen) atoms. The third-order valence-electron chi connectivity index (χ3n) is 2.55. The summed E-state index contributed by atoms with van der Waals surface area (Å²) in [5.74, 6) is -0.0785. The average molecular weight is 220 g/mol. The second-order valence-corrected chi connectivity index (χ2v) is 3.68. The van der Waals surface area contributed by atoms with E-state index >= 15 is 0 Å². The Balaban J connectivity index is 3.04. The molecule has 0 aliphatic rings. The Bertz CT molecular complexity index is 380. The molecule has 0 saturated carbocycles. The van der Waals surface area contributed by atoms with Gasteiger partial charge in [-0.2, -0.15) is 0 Å². The zero-order chi connectivity index (χ0) is 12.3. The van der Waals surface area contributed by atoms with E-state index in [1.54, 1.807) is 14.1 Å². The van der Waals surface area contributed by atoms with E-state index in [1.165, 1.54) is 23.6 Å². The Morgan fingerprint density at radius 2 is 1.31 bits per heavy atom. The van der Waals surface area contributed by atoms with Crippen LogP contribution in [0.25, 0.3) is 0 Å². The topological polar surface area (TPSA) is 40.6 Å². The zero-order valence-corrected chi connectivity index (χ0v) is 10.0. The van der Waals surface area contributed by atoms with E-state index in [2.05, 4.69) is 0 Å². The maximum Gasteiger partial charge on any atom is 0.223 e. The van der Waals surface area contributed by atoms with Gasteiger partial charge < -0.3 is 9.80 Å². The fourth-order valence-corrected chi connectivity index (χ4v) is 1.27. The van der Waals surface area contributed by atoms with Gasteiger partial charge in [-0.15, -0.1) is 0 Å². The standard InChI is InChI=1S/C12H16N2O2/c1-9(15)13(3)11-6-5-7-12(8-11)14(4)10(2)16/h5-8H,1-4H3. The first-order valence-electron chi connectivity index (χ1n) is 5.02. The number of nitrogens with zero attached hydrogens (tertiary/aromatic N) is 2. The number of benzene rings is 1. The first kappa shape index (κ1) is 12.2. The van der Waals surface area contributed by atoms with Crippen molar-refractivity contribution < 1.29 is 9.59 Å². The smallest absolute Gasteiger partial charge is 0.223 e. The fourth-order valence-electron chi connectivity index (χ4n) is 1.27. The van der Waals surface area contributed by atoms with Crippen LogP contribution >= 0.6 is 0 Å². The Morgan fingerprint density at radius 1 is 0.938 bits per heavy atom. The van der Waals surface area contributed by atoms with Gasteiger partial charge in [0, 0.05) is 39.3 Å². The van der Waals surface area contributed by atoms with Crippen LogP contribution in [0.5, 0.6) is 0 Å². The van der Waals surface area contributed by atoms with Crippen molar-refractivity contribution in [2.24, 2.45) is 0 Å². The van der Waals surface area contributed by atoms with E-state index in [9.17, 15) is 9.59 Å². The SMILES string of the molecule is CC(=O)N(C)c1cccc(N(C)C(C)=O)c1. The average Bonchev–Trinajstić information content (AvgIpc) is 2.26. The van der Waals surface area contributed by atoms with Gasteiger partial charge in [0.25, 0.3) is 0 Å². The molecule has 86 valence electrons. The summed E-state index contributed by atoms with van der Waals surface area (Å²) in [5, 5.41) is 0. The second kappa shape index (κ2) is 4.79. The molecular weight excluding hydrogens is 204 g/mol. The number of hydrogen-bond acceptors (Lipinski definition) is 2. The molecule has 0 aliphatic carbocycles. The molecule has 0 radical (unpaired) electrons. The molecule has 2 amide bonds. The van der Waals surface area contributed by atoms with E-state index in [-0.39, 0.29) is 11.8 Å². The highest BCUT2D eigenvalue weighted by Crippen LogP contribution is 2.21. The highest BCUT2D eigenvalue weighted by molar-refractivity contribution is 5.94. The lowest BCUT2D eigenvalue weighted by Gasteiger charge is -2.19. The Hall–Kier alpha value is -1.84. The molecule has 0 fully saturated rings. The van der Waals surface area contributed by atoms with Crippen molar-refractivity contribution in [3.63, 3.8) is 0 Å². The van der Waals surface area contributed by atoms with E-state index in [0.717, 1.165) is 11.4 Å². The summed E-state index contributed by atoms with van der Waals surface area (Å²) < 4.78 is 0. The monoisotopic (exact) mass is 220 g/mol.